The molecule has 35 heavy (non-hydrogen) atoms. The summed E-state index contributed by atoms with van der Waals surface area (Å²) in [6.07, 6.45) is 4.35. The van der Waals surface area contributed by atoms with Crippen molar-refractivity contribution < 1.29 is 22.0 Å². The Kier molecular flexibility index (Phi) is 5.62. The smallest absolute Gasteiger partial charge is 0.261 e. The summed E-state index contributed by atoms with van der Waals surface area (Å²) in [6.45, 7) is 0. The summed E-state index contributed by atoms with van der Waals surface area (Å²) in [6, 6.07) is 12.7. The molecular weight excluding hydrogens is 498 g/mol. The topological polar surface area (TPSA) is 108 Å². The zero-order chi connectivity index (χ0) is 24.7. The van der Waals surface area contributed by atoms with E-state index in [0.29, 0.717) is 5.65 Å². The molecule has 7 nitrogen and oxygen atoms in total. The van der Waals surface area contributed by atoms with Crippen LogP contribution in [0.5, 0.6) is 0 Å². The van der Waals surface area contributed by atoms with E-state index in [9.17, 15) is 17.6 Å². The van der Waals surface area contributed by atoms with Gasteiger partial charge < -0.3 is 9.97 Å². The van der Waals surface area contributed by atoms with Gasteiger partial charge in [-0.15, -0.1) is 0 Å². The first-order chi connectivity index (χ1) is 16.7. The number of aromatic amines is 2. The summed E-state index contributed by atoms with van der Waals surface area (Å²) >= 11 is 5.94. The van der Waals surface area contributed by atoms with E-state index in [1.54, 1.807) is 24.4 Å². The van der Waals surface area contributed by atoms with Crippen LogP contribution in [0, 0.1) is 11.6 Å². The van der Waals surface area contributed by atoms with Crippen LogP contribution in [0.2, 0.25) is 5.02 Å². The fourth-order valence-electron chi connectivity index (χ4n) is 3.67. The molecule has 5 rings (SSSR count). The van der Waals surface area contributed by atoms with E-state index >= 15 is 4.39 Å². The summed E-state index contributed by atoms with van der Waals surface area (Å²) in [5.74, 6) is -3.48. The standard InChI is InChI=1S/C24H15ClF2N4O3S/c25-14-10-16-17(12-30-24(16)29-11-14)23(32)21-18(26)7-8-20(22(21)27)31-35(33,34)15-5-3-13(4-6-15)19-2-1-9-28-19/h1-12,28,31H,(H,29,30). The summed E-state index contributed by atoms with van der Waals surface area (Å²) in [5, 5.41) is 0.505. The number of pyridine rings is 1. The molecule has 2 aromatic carbocycles. The second-order valence-electron chi connectivity index (χ2n) is 7.58. The predicted molar refractivity (Wildman–Crippen MR) is 128 cm³/mol. The fourth-order valence-corrected chi connectivity index (χ4v) is 4.88. The van der Waals surface area contributed by atoms with Crippen molar-refractivity contribution in [3.05, 3.63) is 101 Å². The Balaban J connectivity index is 1.49. The molecule has 3 N–H and O–H groups in total. The predicted octanol–water partition coefficient (Wildman–Crippen LogP) is 5.52. The second-order valence-corrected chi connectivity index (χ2v) is 9.70. The highest BCUT2D eigenvalue weighted by atomic mass is 35.5. The van der Waals surface area contributed by atoms with Gasteiger partial charge >= 0.3 is 0 Å². The number of carbonyl (C=O) groups is 1. The number of rotatable bonds is 6. The molecule has 3 aromatic heterocycles. The van der Waals surface area contributed by atoms with E-state index in [-0.39, 0.29) is 20.9 Å². The number of H-pyrrole nitrogens is 2. The van der Waals surface area contributed by atoms with Crippen LogP contribution >= 0.6 is 11.6 Å². The lowest BCUT2D eigenvalue weighted by Crippen LogP contribution is -2.16. The van der Waals surface area contributed by atoms with Gasteiger partial charge in [-0.2, -0.15) is 0 Å². The quantitative estimate of drug-likeness (QED) is 0.260. The third-order valence-electron chi connectivity index (χ3n) is 5.38. The molecule has 0 spiro atoms. The van der Waals surface area contributed by atoms with Crippen LogP contribution in [-0.4, -0.2) is 29.2 Å². The van der Waals surface area contributed by atoms with E-state index in [2.05, 4.69) is 19.7 Å². The number of hydrogen-bond acceptors (Lipinski definition) is 4. The van der Waals surface area contributed by atoms with Gasteiger partial charge in [-0.3, -0.25) is 9.52 Å². The number of fused-ring (bicyclic) bond motifs is 1. The highest BCUT2D eigenvalue weighted by molar-refractivity contribution is 7.92. The maximum absolute atomic E-state index is 15.3. The summed E-state index contributed by atoms with van der Waals surface area (Å²) < 4.78 is 57.7. The van der Waals surface area contributed by atoms with Crippen molar-refractivity contribution in [3.8, 4) is 11.3 Å². The Morgan fingerprint density at radius 1 is 1.03 bits per heavy atom. The van der Waals surface area contributed by atoms with Crippen LogP contribution in [0.25, 0.3) is 22.3 Å². The first-order valence-corrected chi connectivity index (χ1v) is 12.0. The zero-order valence-corrected chi connectivity index (χ0v) is 19.2. The number of carbonyl (C=O) groups excluding carboxylic acids is 1. The number of nitrogens with one attached hydrogen (secondary N) is 3. The van der Waals surface area contributed by atoms with Gasteiger partial charge in [-0.1, -0.05) is 23.7 Å². The first-order valence-electron chi connectivity index (χ1n) is 10.2. The Morgan fingerprint density at radius 3 is 2.51 bits per heavy atom. The Bertz CT molecular complexity index is 1680. The van der Waals surface area contributed by atoms with Gasteiger partial charge in [0.15, 0.2) is 5.82 Å². The zero-order valence-electron chi connectivity index (χ0n) is 17.6. The second kappa shape index (κ2) is 8.64. The van der Waals surface area contributed by atoms with Crippen molar-refractivity contribution >= 4 is 44.1 Å². The van der Waals surface area contributed by atoms with Crippen LogP contribution in [-0.2, 0) is 10.0 Å². The molecule has 0 amide bonds. The molecule has 0 saturated carbocycles. The number of aromatic nitrogens is 3. The lowest BCUT2D eigenvalue weighted by atomic mass is 10.0. The van der Waals surface area contributed by atoms with Crippen molar-refractivity contribution in [3.63, 3.8) is 0 Å². The minimum atomic E-state index is -4.24. The Labute approximate surface area is 202 Å². The maximum atomic E-state index is 15.3. The molecule has 0 aliphatic rings. The number of sulfonamides is 1. The molecule has 176 valence electrons. The molecule has 0 atom stereocenters. The molecule has 0 aliphatic heterocycles. The van der Waals surface area contributed by atoms with Gasteiger partial charge in [-0.05, 0) is 48.0 Å². The average Bonchev–Trinajstić information content (AvgIpc) is 3.51. The van der Waals surface area contributed by atoms with Crippen LogP contribution in [0.4, 0.5) is 14.5 Å². The van der Waals surface area contributed by atoms with Crippen LogP contribution in [0.1, 0.15) is 15.9 Å². The molecule has 0 fully saturated rings. The number of halogens is 3. The number of ketones is 1. The summed E-state index contributed by atoms with van der Waals surface area (Å²) in [4.78, 5) is 22.7. The third-order valence-corrected chi connectivity index (χ3v) is 6.97. The normalized spacial score (nSPS) is 11.6. The fraction of sp³-hybridized carbons (Fsp3) is 0. The van der Waals surface area contributed by atoms with Gasteiger partial charge in [0.2, 0.25) is 5.78 Å². The van der Waals surface area contributed by atoms with Crippen molar-refractivity contribution in [2.75, 3.05) is 4.72 Å². The highest BCUT2D eigenvalue weighted by Crippen LogP contribution is 2.29. The van der Waals surface area contributed by atoms with Crippen molar-refractivity contribution in [2.45, 2.75) is 4.90 Å². The molecule has 5 aromatic rings. The van der Waals surface area contributed by atoms with Gasteiger partial charge in [0.1, 0.15) is 11.5 Å². The first kappa shape index (κ1) is 22.8. The number of nitrogens with zero attached hydrogens (tertiary/aromatic N) is 1. The summed E-state index contributed by atoms with van der Waals surface area (Å²) in [5.41, 5.74) is 0.310. The van der Waals surface area contributed by atoms with Crippen molar-refractivity contribution in [1.82, 2.24) is 15.0 Å². The van der Waals surface area contributed by atoms with E-state index in [0.717, 1.165) is 23.4 Å². The molecule has 0 bridgehead atoms. The number of anilines is 1. The van der Waals surface area contributed by atoms with Crippen molar-refractivity contribution in [2.24, 2.45) is 0 Å². The molecule has 11 heteroatoms. The molecule has 0 aliphatic carbocycles. The van der Waals surface area contributed by atoms with E-state index in [4.69, 9.17) is 11.6 Å². The van der Waals surface area contributed by atoms with Gasteiger partial charge in [0.05, 0.1) is 21.2 Å². The van der Waals surface area contributed by atoms with Crippen molar-refractivity contribution in [1.29, 1.82) is 0 Å². The van der Waals surface area contributed by atoms with Crippen LogP contribution < -0.4 is 4.72 Å². The number of hydrogen-bond donors (Lipinski definition) is 3. The van der Waals surface area contributed by atoms with Gasteiger partial charge in [-0.25, -0.2) is 22.2 Å². The molecule has 0 radical (unpaired) electrons. The molecule has 3 heterocycles. The Morgan fingerprint density at radius 2 is 1.80 bits per heavy atom. The Hall–Kier alpha value is -4.02. The monoisotopic (exact) mass is 512 g/mol. The van der Waals surface area contributed by atoms with E-state index < -0.39 is 38.7 Å². The molecule has 0 saturated heterocycles. The average molecular weight is 513 g/mol. The SMILES string of the molecule is O=C(c1c(F)ccc(NS(=O)(=O)c2ccc(-c3ccc[nH]3)cc2)c1F)c1c[nH]c2ncc(Cl)cc12. The summed E-state index contributed by atoms with van der Waals surface area (Å²) in [7, 11) is -4.24. The number of benzene rings is 2. The van der Waals surface area contributed by atoms with E-state index in [1.165, 1.54) is 30.6 Å². The van der Waals surface area contributed by atoms with Crippen LogP contribution in [0.15, 0.2) is 78.1 Å². The van der Waals surface area contributed by atoms with Gasteiger partial charge in [0, 0.05) is 35.2 Å². The lowest BCUT2D eigenvalue weighted by Gasteiger charge is -2.12. The van der Waals surface area contributed by atoms with Gasteiger partial charge in [0.25, 0.3) is 10.0 Å². The lowest BCUT2D eigenvalue weighted by molar-refractivity contribution is 0.103. The highest BCUT2D eigenvalue weighted by Gasteiger charge is 2.26. The van der Waals surface area contributed by atoms with Crippen LogP contribution in [0.3, 0.4) is 0 Å². The van der Waals surface area contributed by atoms with E-state index in [1.807, 2.05) is 6.07 Å². The largest absolute Gasteiger partial charge is 0.361 e. The third kappa shape index (κ3) is 4.17. The minimum absolute atomic E-state index is 0.0623. The maximum Gasteiger partial charge on any atom is 0.261 e. The molecular formula is C24H15ClF2N4O3S. The molecule has 0 unspecified atom stereocenters. The minimum Gasteiger partial charge on any atom is -0.361 e.